The molecule has 1 aromatic heterocycles. The Morgan fingerprint density at radius 1 is 1.29 bits per heavy atom. The van der Waals surface area contributed by atoms with Crippen LogP contribution in [0.15, 0.2) is 41.1 Å². The highest BCUT2D eigenvalue weighted by atomic mass is 79.9. The van der Waals surface area contributed by atoms with Crippen LogP contribution in [0.5, 0.6) is 5.75 Å². The number of benzene rings is 1. The van der Waals surface area contributed by atoms with Gasteiger partial charge in [0.15, 0.2) is 0 Å². The molecule has 88 valence electrons. The standard InChI is InChI=1S/C13H13BrN2O/c1-9-7-10(3-4-13(9)17-2)16-12-5-6-15-8-11(12)14/h3-8H,1-2H3,(H,15,16). The average molecular weight is 293 g/mol. The summed E-state index contributed by atoms with van der Waals surface area (Å²) in [6.45, 7) is 2.02. The molecule has 0 fully saturated rings. The SMILES string of the molecule is COc1ccc(Nc2ccncc2Br)cc1C. The first-order chi connectivity index (χ1) is 8.20. The first kappa shape index (κ1) is 11.9. The van der Waals surface area contributed by atoms with Gasteiger partial charge in [-0.05, 0) is 52.7 Å². The van der Waals surface area contributed by atoms with Crippen molar-refractivity contribution in [3.8, 4) is 5.75 Å². The molecule has 2 rings (SSSR count). The van der Waals surface area contributed by atoms with Crippen molar-refractivity contribution in [1.29, 1.82) is 0 Å². The number of halogens is 1. The predicted octanol–water partition coefficient (Wildman–Crippen LogP) is 3.90. The first-order valence-corrected chi connectivity index (χ1v) is 6.01. The van der Waals surface area contributed by atoms with Crippen molar-refractivity contribution < 1.29 is 4.74 Å². The second-order valence-corrected chi connectivity index (χ2v) is 4.52. The summed E-state index contributed by atoms with van der Waals surface area (Å²) in [6, 6.07) is 7.90. The molecule has 1 aromatic carbocycles. The van der Waals surface area contributed by atoms with E-state index in [2.05, 4.69) is 26.2 Å². The number of pyridine rings is 1. The van der Waals surface area contributed by atoms with Crippen molar-refractivity contribution in [3.63, 3.8) is 0 Å². The highest BCUT2D eigenvalue weighted by Crippen LogP contribution is 2.27. The fraction of sp³-hybridized carbons (Fsp3) is 0.154. The van der Waals surface area contributed by atoms with Gasteiger partial charge in [-0.25, -0.2) is 0 Å². The summed E-state index contributed by atoms with van der Waals surface area (Å²) < 4.78 is 6.17. The van der Waals surface area contributed by atoms with E-state index < -0.39 is 0 Å². The van der Waals surface area contributed by atoms with Crippen LogP contribution in [-0.4, -0.2) is 12.1 Å². The topological polar surface area (TPSA) is 34.1 Å². The zero-order valence-electron chi connectivity index (χ0n) is 9.70. The molecule has 1 heterocycles. The maximum absolute atomic E-state index is 5.23. The molecule has 0 aliphatic carbocycles. The van der Waals surface area contributed by atoms with Crippen LogP contribution in [0.1, 0.15) is 5.56 Å². The lowest BCUT2D eigenvalue weighted by molar-refractivity contribution is 0.412. The quantitative estimate of drug-likeness (QED) is 0.931. The van der Waals surface area contributed by atoms with Gasteiger partial charge in [-0.1, -0.05) is 0 Å². The normalized spacial score (nSPS) is 10.1. The Morgan fingerprint density at radius 2 is 2.12 bits per heavy atom. The van der Waals surface area contributed by atoms with Gasteiger partial charge >= 0.3 is 0 Å². The molecule has 2 aromatic rings. The minimum absolute atomic E-state index is 0.893. The highest BCUT2D eigenvalue weighted by molar-refractivity contribution is 9.10. The van der Waals surface area contributed by atoms with Crippen molar-refractivity contribution in [2.45, 2.75) is 6.92 Å². The lowest BCUT2D eigenvalue weighted by atomic mass is 10.2. The molecule has 0 amide bonds. The van der Waals surface area contributed by atoms with Gasteiger partial charge in [-0.3, -0.25) is 4.98 Å². The summed E-state index contributed by atoms with van der Waals surface area (Å²) >= 11 is 3.45. The number of nitrogens with one attached hydrogen (secondary N) is 1. The van der Waals surface area contributed by atoms with Crippen molar-refractivity contribution in [2.75, 3.05) is 12.4 Å². The fourth-order valence-electron chi connectivity index (χ4n) is 1.59. The molecule has 0 bridgehead atoms. The van der Waals surface area contributed by atoms with Crippen LogP contribution in [0.3, 0.4) is 0 Å². The molecule has 0 saturated carbocycles. The van der Waals surface area contributed by atoms with E-state index >= 15 is 0 Å². The number of aromatic nitrogens is 1. The van der Waals surface area contributed by atoms with Crippen LogP contribution < -0.4 is 10.1 Å². The van der Waals surface area contributed by atoms with E-state index in [9.17, 15) is 0 Å². The molecule has 4 heteroatoms. The number of anilines is 2. The molecule has 0 aliphatic rings. The molecule has 0 saturated heterocycles. The van der Waals surface area contributed by atoms with E-state index in [0.717, 1.165) is 27.2 Å². The number of methoxy groups -OCH3 is 1. The summed E-state index contributed by atoms with van der Waals surface area (Å²) in [5.41, 5.74) is 3.11. The largest absolute Gasteiger partial charge is 0.496 e. The summed E-state index contributed by atoms with van der Waals surface area (Å²) in [5.74, 6) is 0.893. The molecular formula is C13H13BrN2O. The molecule has 1 N–H and O–H groups in total. The monoisotopic (exact) mass is 292 g/mol. The Balaban J connectivity index is 2.25. The summed E-state index contributed by atoms with van der Waals surface area (Å²) in [6.07, 6.45) is 3.52. The van der Waals surface area contributed by atoms with Crippen LogP contribution in [0.25, 0.3) is 0 Å². The van der Waals surface area contributed by atoms with Crippen LogP contribution in [-0.2, 0) is 0 Å². The minimum atomic E-state index is 0.893. The number of hydrogen-bond acceptors (Lipinski definition) is 3. The Morgan fingerprint density at radius 3 is 2.76 bits per heavy atom. The zero-order valence-corrected chi connectivity index (χ0v) is 11.3. The molecule has 0 aliphatic heterocycles. The fourth-order valence-corrected chi connectivity index (χ4v) is 1.94. The van der Waals surface area contributed by atoms with Crippen molar-refractivity contribution in [3.05, 3.63) is 46.7 Å². The van der Waals surface area contributed by atoms with Gasteiger partial charge in [0.1, 0.15) is 5.75 Å². The van der Waals surface area contributed by atoms with Gasteiger partial charge in [0, 0.05) is 18.1 Å². The molecule has 0 unspecified atom stereocenters. The highest BCUT2D eigenvalue weighted by Gasteiger charge is 2.02. The lowest BCUT2D eigenvalue weighted by Crippen LogP contribution is -1.94. The van der Waals surface area contributed by atoms with Crippen LogP contribution >= 0.6 is 15.9 Å². The second-order valence-electron chi connectivity index (χ2n) is 3.66. The molecule has 0 spiro atoms. The van der Waals surface area contributed by atoms with Gasteiger partial charge in [0.25, 0.3) is 0 Å². The van der Waals surface area contributed by atoms with Crippen molar-refractivity contribution >= 4 is 27.3 Å². The number of nitrogens with zero attached hydrogens (tertiary/aromatic N) is 1. The molecule has 0 atom stereocenters. The van der Waals surface area contributed by atoms with Crippen LogP contribution in [0.4, 0.5) is 11.4 Å². The van der Waals surface area contributed by atoms with E-state index in [1.807, 2.05) is 31.2 Å². The number of hydrogen-bond donors (Lipinski definition) is 1. The smallest absolute Gasteiger partial charge is 0.121 e. The number of rotatable bonds is 3. The van der Waals surface area contributed by atoms with Gasteiger partial charge in [-0.15, -0.1) is 0 Å². The maximum Gasteiger partial charge on any atom is 0.121 e. The molecule has 0 radical (unpaired) electrons. The van der Waals surface area contributed by atoms with Gasteiger partial charge in [-0.2, -0.15) is 0 Å². The van der Waals surface area contributed by atoms with Gasteiger partial charge in [0.2, 0.25) is 0 Å². The predicted molar refractivity (Wildman–Crippen MR) is 73.0 cm³/mol. The van der Waals surface area contributed by atoms with E-state index in [4.69, 9.17) is 4.74 Å². The van der Waals surface area contributed by atoms with Crippen LogP contribution in [0, 0.1) is 6.92 Å². The Hall–Kier alpha value is -1.55. The number of aryl methyl sites for hydroxylation is 1. The maximum atomic E-state index is 5.23. The Bertz CT molecular complexity index is 529. The third-order valence-corrected chi connectivity index (χ3v) is 3.08. The van der Waals surface area contributed by atoms with Crippen molar-refractivity contribution in [2.24, 2.45) is 0 Å². The van der Waals surface area contributed by atoms with E-state index in [1.165, 1.54) is 0 Å². The van der Waals surface area contributed by atoms with Gasteiger partial charge < -0.3 is 10.1 Å². The molecule has 3 nitrogen and oxygen atoms in total. The van der Waals surface area contributed by atoms with Crippen molar-refractivity contribution in [1.82, 2.24) is 4.98 Å². The summed E-state index contributed by atoms with van der Waals surface area (Å²) in [5, 5.41) is 3.32. The third-order valence-electron chi connectivity index (χ3n) is 2.45. The molecular weight excluding hydrogens is 280 g/mol. The van der Waals surface area contributed by atoms with Crippen LogP contribution in [0.2, 0.25) is 0 Å². The van der Waals surface area contributed by atoms with E-state index in [0.29, 0.717) is 0 Å². The Labute approximate surface area is 109 Å². The zero-order chi connectivity index (χ0) is 12.3. The lowest BCUT2D eigenvalue weighted by Gasteiger charge is -2.10. The first-order valence-electron chi connectivity index (χ1n) is 5.22. The summed E-state index contributed by atoms with van der Waals surface area (Å²) in [7, 11) is 1.68. The van der Waals surface area contributed by atoms with E-state index in [1.54, 1.807) is 19.5 Å². The average Bonchev–Trinajstić information content (AvgIpc) is 2.32. The van der Waals surface area contributed by atoms with Gasteiger partial charge in [0.05, 0.1) is 17.3 Å². The second kappa shape index (κ2) is 5.19. The third kappa shape index (κ3) is 2.77. The van der Waals surface area contributed by atoms with E-state index in [-0.39, 0.29) is 0 Å². The number of ether oxygens (including phenoxy) is 1. The molecule has 17 heavy (non-hydrogen) atoms. The minimum Gasteiger partial charge on any atom is -0.496 e. The Kier molecular flexibility index (Phi) is 3.64. The summed E-state index contributed by atoms with van der Waals surface area (Å²) in [4.78, 5) is 4.02.